The maximum Gasteiger partial charge on any atom is 0.159 e. The first-order valence-electron chi connectivity index (χ1n) is 4.35. The Balaban J connectivity index is 2.30. The van der Waals surface area contributed by atoms with E-state index in [9.17, 15) is 0 Å². The monoisotopic (exact) mass is 161 g/mol. The molecule has 0 amide bonds. The first kappa shape index (κ1) is 7.58. The Labute approximate surface area is 72.2 Å². The lowest BCUT2D eigenvalue weighted by molar-refractivity contribution is 0.0403. The third-order valence-corrected chi connectivity index (χ3v) is 3.16. The van der Waals surface area contributed by atoms with E-state index in [-0.39, 0.29) is 0 Å². The van der Waals surface area contributed by atoms with E-state index in [1.54, 1.807) is 0 Å². The topological polar surface area (TPSA) is 50.8 Å². The summed E-state index contributed by atoms with van der Waals surface area (Å²) in [7, 11) is 0. The number of rotatable bonds is 0. The quantitative estimate of drug-likeness (QED) is 0.526. The summed E-state index contributed by atoms with van der Waals surface area (Å²) < 4.78 is 0. The summed E-state index contributed by atoms with van der Waals surface area (Å²) in [5, 5.41) is 17.9. The molecule has 2 bridgehead atoms. The van der Waals surface area contributed by atoms with Gasteiger partial charge in [-0.15, -0.1) is 0 Å². The molecule has 0 aromatic heterocycles. The zero-order valence-corrected chi connectivity index (χ0v) is 6.95. The van der Waals surface area contributed by atoms with Crippen molar-refractivity contribution in [3.8, 4) is 12.1 Å². The number of piperidine rings is 3. The van der Waals surface area contributed by atoms with Crippen molar-refractivity contribution in [2.24, 2.45) is 11.3 Å². The Kier molecular flexibility index (Phi) is 1.56. The highest BCUT2D eigenvalue weighted by molar-refractivity contribution is 5.21. The van der Waals surface area contributed by atoms with Crippen molar-refractivity contribution in [3.63, 3.8) is 0 Å². The van der Waals surface area contributed by atoms with Crippen LogP contribution < -0.4 is 0 Å². The molecule has 0 unspecified atom stereocenters. The molecule has 0 aliphatic carbocycles. The SMILES string of the molecule is N#CC1(C#N)CN2CCC1CC2. The van der Waals surface area contributed by atoms with E-state index in [0.717, 1.165) is 25.9 Å². The van der Waals surface area contributed by atoms with Crippen molar-refractivity contribution < 1.29 is 0 Å². The number of hydrogen-bond acceptors (Lipinski definition) is 3. The van der Waals surface area contributed by atoms with Crippen molar-refractivity contribution in [2.45, 2.75) is 12.8 Å². The van der Waals surface area contributed by atoms with Gasteiger partial charge < -0.3 is 4.90 Å². The molecule has 3 aliphatic rings. The molecule has 0 aromatic rings. The van der Waals surface area contributed by atoms with Gasteiger partial charge in [-0.3, -0.25) is 0 Å². The predicted molar refractivity (Wildman–Crippen MR) is 42.8 cm³/mol. The molecule has 3 saturated heterocycles. The van der Waals surface area contributed by atoms with Gasteiger partial charge in [-0.05, 0) is 31.8 Å². The zero-order valence-electron chi connectivity index (χ0n) is 6.95. The molecule has 3 rings (SSSR count). The average molecular weight is 161 g/mol. The number of nitrogens with zero attached hydrogens (tertiary/aromatic N) is 3. The molecule has 3 heteroatoms. The molecule has 0 spiro atoms. The van der Waals surface area contributed by atoms with E-state index in [1.807, 2.05) is 0 Å². The maximum absolute atomic E-state index is 8.96. The first-order chi connectivity index (χ1) is 5.80. The Hall–Kier alpha value is -1.06. The Bertz CT molecular complexity index is 248. The lowest BCUT2D eigenvalue weighted by atomic mass is 9.68. The summed E-state index contributed by atoms with van der Waals surface area (Å²) in [6.45, 7) is 2.83. The van der Waals surface area contributed by atoms with Gasteiger partial charge in [0.25, 0.3) is 0 Å². The van der Waals surface area contributed by atoms with Crippen LogP contribution in [0.3, 0.4) is 0 Å². The van der Waals surface area contributed by atoms with Crippen molar-refractivity contribution in [1.29, 1.82) is 10.5 Å². The van der Waals surface area contributed by atoms with E-state index in [2.05, 4.69) is 17.0 Å². The van der Waals surface area contributed by atoms with Crippen molar-refractivity contribution in [3.05, 3.63) is 0 Å². The molecule has 3 aliphatic heterocycles. The molecule has 0 aromatic carbocycles. The minimum absolute atomic E-state index is 0.331. The summed E-state index contributed by atoms with van der Waals surface area (Å²) in [6, 6.07) is 4.39. The fraction of sp³-hybridized carbons (Fsp3) is 0.778. The zero-order chi connectivity index (χ0) is 8.60. The molecule has 3 nitrogen and oxygen atoms in total. The fourth-order valence-corrected chi connectivity index (χ4v) is 2.34. The Morgan fingerprint density at radius 1 is 1.17 bits per heavy atom. The van der Waals surface area contributed by atoms with Crippen molar-refractivity contribution in [2.75, 3.05) is 19.6 Å². The second-order valence-corrected chi connectivity index (χ2v) is 3.75. The van der Waals surface area contributed by atoms with Gasteiger partial charge in [0.15, 0.2) is 5.41 Å². The molecule has 12 heavy (non-hydrogen) atoms. The number of nitriles is 2. The molecule has 0 atom stereocenters. The highest BCUT2D eigenvalue weighted by Gasteiger charge is 2.47. The Morgan fingerprint density at radius 3 is 2.00 bits per heavy atom. The second-order valence-electron chi connectivity index (χ2n) is 3.75. The van der Waals surface area contributed by atoms with E-state index in [4.69, 9.17) is 10.5 Å². The van der Waals surface area contributed by atoms with Gasteiger partial charge >= 0.3 is 0 Å². The Morgan fingerprint density at radius 2 is 1.75 bits per heavy atom. The van der Waals surface area contributed by atoms with Gasteiger partial charge in [0, 0.05) is 6.54 Å². The highest BCUT2D eigenvalue weighted by atomic mass is 15.2. The van der Waals surface area contributed by atoms with Gasteiger partial charge in [0.2, 0.25) is 0 Å². The minimum Gasteiger partial charge on any atom is -0.301 e. The van der Waals surface area contributed by atoms with Gasteiger partial charge in [-0.2, -0.15) is 10.5 Å². The van der Waals surface area contributed by atoms with Crippen molar-refractivity contribution in [1.82, 2.24) is 4.90 Å². The number of hydrogen-bond donors (Lipinski definition) is 0. The van der Waals surface area contributed by atoms with Gasteiger partial charge in [0.05, 0.1) is 12.1 Å². The summed E-state index contributed by atoms with van der Waals surface area (Å²) in [5.74, 6) is 0.331. The molecule has 62 valence electrons. The third-order valence-electron chi connectivity index (χ3n) is 3.16. The molecule has 3 heterocycles. The normalized spacial score (nSPS) is 36.8. The second kappa shape index (κ2) is 2.47. The molecular weight excluding hydrogens is 150 g/mol. The summed E-state index contributed by atoms with van der Waals surface area (Å²) in [6.07, 6.45) is 2.06. The van der Waals surface area contributed by atoms with Crippen LogP contribution >= 0.6 is 0 Å². The summed E-state index contributed by atoms with van der Waals surface area (Å²) in [4.78, 5) is 2.23. The van der Waals surface area contributed by atoms with E-state index in [1.165, 1.54) is 0 Å². The lowest BCUT2D eigenvalue weighted by Crippen LogP contribution is -2.53. The van der Waals surface area contributed by atoms with Crippen LogP contribution in [0.5, 0.6) is 0 Å². The molecule has 0 saturated carbocycles. The van der Waals surface area contributed by atoms with E-state index >= 15 is 0 Å². The third kappa shape index (κ3) is 0.838. The van der Waals surface area contributed by atoms with Crippen LogP contribution in [-0.2, 0) is 0 Å². The van der Waals surface area contributed by atoms with Crippen LogP contribution in [0.1, 0.15) is 12.8 Å². The first-order valence-corrected chi connectivity index (χ1v) is 4.35. The van der Waals surface area contributed by atoms with Crippen LogP contribution in [0, 0.1) is 34.0 Å². The molecular formula is C9H11N3. The molecule has 0 radical (unpaired) electrons. The lowest BCUT2D eigenvalue weighted by Gasteiger charge is -2.46. The van der Waals surface area contributed by atoms with Crippen molar-refractivity contribution >= 4 is 0 Å². The predicted octanol–water partition coefficient (Wildman–Crippen LogP) is 0.746. The van der Waals surface area contributed by atoms with Crippen LogP contribution in [0.2, 0.25) is 0 Å². The van der Waals surface area contributed by atoms with Crippen LogP contribution in [0.4, 0.5) is 0 Å². The summed E-state index contributed by atoms with van der Waals surface area (Å²) >= 11 is 0. The standard InChI is InChI=1S/C9H11N3/c10-5-9(6-11)7-12-3-1-8(9)2-4-12/h8H,1-4,7H2. The van der Waals surface area contributed by atoms with E-state index in [0.29, 0.717) is 12.5 Å². The van der Waals surface area contributed by atoms with Gasteiger partial charge in [-0.1, -0.05) is 0 Å². The van der Waals surface area contributed by atoms with Crippen LogP contribution in [0.15, 0.2) is 0 Å². The minimum atomic E-state index is -0.684. The smallest absolute Gasteiger partial charge is 0.159 e. The van der Waals surface area contributed by atoms with E-state index < -0.39 is 5.41 Å². The maximum atomic E-state index is 8.96. The van der Waals surface area contributed by atoms with Crippen LogP contribution in [-0.4, -0.2) is 24.5 Å². The van der Waals surface area contributed by atoms with Crippen LogP contribution in [0.25, 0.3) is 0 Å². The largest absolute Gasteiger partial charge is 0.301 e. The molecule has 0 N–H and O–H groups in total. The highest BCUT2D eigenvalue weighted by Crippen LogP contribution is 2.40. The molecule has 3 fully saturated rings. The van der Waals surface area contributed by atoms with Gasteiger partial charge in [-0.25, -0.2) is 0 Å². The number of fused-ring (bicyclic) bond motifs is 3. The summed E-state index contributed by atoms with van der Waals surface area (Å²) in [5.41, 5.74) is -0.684. The average Bonchev–Trinajstić information content (AvgIpc) is 2.19. The van der Waals surface area contributed by atoms with Gasteiger partial charge in [0.1, 0.15) is 0 Å². The fourth-order valence-electron chi connectivity index (χ4n) is 2.34.